The summed E-state index contributed by atoms with van der Waals surface area (Å²) in [6.45, 7) is 4.00. The highest BCUT2D eigenvalue weighted by Crippen LogP contribution is 2.30. The molecule has 3 aromatic rings. The fourth-order valence-electron chi connectivity index (χ4n) is 4.21. The van der Waals surface area contributed by atoms with E-state index >= 15 is 0 Å². The first kappa shape index (κ1) is 25.2. The van der Waals surface area contributed by atoms with Gasteiger partial charge in [0.1, 0.15) is 17.5 Å². The van der Waals surface area contributed by atoms with Gasteiger partial charge in [0.05, 0.1) is 19.2 Å². The number of carbonyl (C=O) groups excluding carboxylic acids is 2. The minimum Gasteiger partial charge on any atom is -0.472 e. The number of benzene rings is 1. The number of carbonyl (C=O) groups is 2. The summed E-state index contributed by atoms with van der Waals surface area (Å²) in [6.07, 6.45) is 4.46. The molecule has 1 aliphatic rings. The van der Waals surface area contributed by atoms with E-state index in [4.69, 9.17) is 4.74 Å². The molecule has 0 unspecified atom stereocenters. The SMILES string of the molecule is C[C@@H]1CN([C@@H](C)CO)C(=O)c2cc(-c3cccnc3)cnc2O[C@H]1CN(C)C(=O)c1cccc(F)c1. The van der Waals surface area contributed by atoms with Crippen molar-refractivity contribution in [3.05, 3.63) is 78.0 Å². The summed E-state index contributed by atoms with van der Waals surface area (Å²) < 4.78 is 19.9. The van der Waals surface area contributed by atoms with Gasteiger partial charge in [0.15, 0.2) is 0 Å². The van der Waals surface area contributed by atoms with E-state index in [-0.39, 0.29) is 47.9 Å². The Morgan fingerprint density at radius 1 is 1.25 bits per heavy atom. The molecule has 1 aliphatic heterocycles. The largest absolute Gasteiger partial charge is 0.472 e. The Bertz CT molecular complexity index is 1240. The summed E-state index contributed by atoms with van der Waals surface area (Å²) in [4.78, 5) is 38.2. The topological polar surface area (TPSA) is 95.9 Å². The summed E-state index contributed by atoms with van der Waals surface area (Å²) >= 11 is 0. The predicted octanol–water partition coefficient (Wildman–Crippen LogP) is 3.28. The van der Waals surface area contributed by atoms with Crippen LogP contribution in [0, 0.1) is 11.7 Å². The smallest absolute Gasteiger partial charge is 0.259 e. The number of hydrogen-bond donors (Lipinski definition) is 1. The first-order valence-electron chi connectivity index (χ1n) is 11.8. The van der Waals surface area contributed by atoms with Crippen molar-refractivity contribution in [3.63, 3.8) is 0 Å². The average Bonchev–Trinajstić information content (AvgIpc) is 2.90. The quantitative estimate of drug-likeness (QED) is 0.568. The molecule has 3 heterocycles. The van der Waals surface area contributed by atoms with Gasteiger partial charge in [0, 0.05) is 54.8 Å². The Hall–Kier alpha value is -3.85. The zero-order valence-corrected chi connectivity index (χ0v) is 20.5. The lowest BCUT2D eigenvalue weighted by atomic mass is 9.99. The van der Waals surface area contributed by atoms with Crippen LogP contribution < -0.4 is 4.74 Å². The average molecular weight is 493 g/mol. The van der Waals surface area contributed by atoms with Crippen molar-refractivity contribution >= 4 is 11.8 Å². The molecule has 2 amide bonds. The van der Waals surface area contributed by atoms with Gasteiger partial charge in [-0.1, -0.05) is 19.1 Å². The molecule has 4 rings (SSSR count). The molecule has 3 atom stereocenters. The molecule has 36 heavy (non-hydrogen) atoms. The number of fused-ring (bicyclic) bond motifs is 1. The molecule has 0 aliphatic carbocycles. The van der Waals surface area contributed by atoms with Crippen LogP contribution >= 0.6 is 0 Å². The van der Waals surface area contributed by atoms with Crippen molar-refractivity contribution in [1.82, 2.24) is 19.8 Å². The molecular weight excluding hydrogens is 463 g/mol. The molecule has 0 fully saturated rings. The normalized spacial score (nSPS) is 18.5. The van der Waals surface area contributed by atoms with Gasteiger partial charge >= 0.3 is 0 Å². The summed E-state index contributed by atoms with van der Waals surface area (Å²) in [5.74, 6) is -1.16. The number of aromatic nitrogens is 2. The molecule has 1 aromatic carbocycles. The highest BCUT2D eigenvalue weighted by Gasteiger charge is 2.35. The molecule has 0 bridgehead atoms. The lowest BCUT2D eigenvalue weighted by molar-refractivity contribution is 0.0313. The maximum atomic E-state index is 13.7. The van der Waals surface area contributed by atoms with Crippen molar-refractivity contribution in [3.8, 4) is 17.0 Å². The van der Waals surface area contributed by atoms with Crippen LogP contribution in [0.3, 0.4) is 0 Å². The van der Waals surface area contributed by atoms with E-state index in [0.29, 0.717) is 12.1 Å². The second-order valence-corrected chi connectivity index (χ2v) is 9.14. The highest BCUT2D eigenvalue weighted by molar-refractivity contribution is 5.98. The number of amides is 2. The van der Waals surface area contributed by atoms with E-state index < -0.39 is 18.0 Å². The number of aliphatic hydroxyl groups excluding tert-OH is 1. The number of ether oxygens (including phenoxy) is 1. The van der Waals surface area contributed by atoms with E-state index in [2.05, 4.69) is 9.97 Å². The molecule has 188 valence electrons. The van der Waals surface area contributed by atoms with Crippen LogP contribution in [0.5, 0.6) is 5.88 Å². The molecular formula is C27H29FN4O4. The zero-order chi connectivity index (χ0) is 25.8. The van der Waals surface area contributed by atoms with Crippen LogP contribution in [0.15, 0.2) is 61.1 Å². The first-order valence-corrected chi connectivity index (χ1v) is 11.8. The lowest BCUT2D eigenvalue weighted by Crippen LogP contribution is -2.50. The lowest BCUT2D eigenvalue weighted by Gasteiger charge is -2.37. The van der Waals surface area contributed by atoms with Gasteiger partial charge in [-0.3, -0.25) is 14.6 Å². The van der Waals surface area contributed by atoms with Gasteiger partial charge in [0.2, 0.25) is 5.88 Å². The van der Waals surface area contributed by atoms with Crippen LogP contribution in [-0.2, 0) is 0 Å². The molecule has 0 spiro atoms. The Morgan fingerprint density at radius 3 is 2.75 bits per heavy atom. The zero-order valence-electron chi connectivity index (χ0n) is 20.5. The van der Waals surface area contributed by atoms with E-state index in [1.165, 1.54) is 23.1 Å². The van der Waals surface area contributed by atoms with Crippen molar-refractivity contribution in [1.29, 1.82) is 0 Å². The van der Waals surface area contributed by atoms with Crippen molar-refractivity contribution in [2.45, 2.75) is 26.0 Å². The molecule has 9 heteroatoms. The summed E-state index contributed by atoms with van der Waals surface area (Å²) in [5, 5.41) is 9.83. The van der Waals surface area contributed by atoms with Crippen molar-refractivity contribution in [2.24, 2.45) is 5.92 Å². The number of halogens is 1. The standard InChI is InChI=1S/C27H29FN4O4/c1-17-14-32(18(2)16-33)27(35)23-11-21(20-7-5-9-29-12-20)13-30-25(23)36-24(17)15-31(3)26(34)19-6-4-8-22(28)10-19/h4-13,17-18,24,33H,14-16H2,1-3H3/t17-,18+,24+/m1/s1. The number of likely N-dealkylation sites (N-methyl/N-ethyl adjacent to an activating group) is 1. The van der Waals surface area contributed by atoms with Crippen LogP contribution in [0.1, 0.15) is 34.6 Å². The number of pyridine rings is 2. The van der Waals surface area contributed by atoms with E-state index in [0.717, 1.165) is 5.56 Å². The molecule has 0 saturated heterocycles. The monoisotopic (exact) mass is 492 g/mol. The Balaban J connectivity index is 1.67. The van der Waals surface area contributed by atoms with E-state index in [1.54, 1.807) is 55.7 Å². The maximum Gasteiger partial charge on any atom is 0.259 e. The summed E-state index contributed by atoms with van der Waals surface area (Å²) in [6, 6.07) is 10.5. The molecule has 0 saturated carbocycles. The van der Waals surface area contributed by atoms with E-state index in [1.807, 2.05) is 13.0 Å². The van der Waals surface area contributed by atoms with Crippen LogP contribution in [0.2, 0.25) is 0 Å². The molecule has 8 nitrogen and oxygen atoms in total. The third-order valence-corrected chi connectivity index (χ3v) is 6.39. The Kier molecular flexibility index (Phi) is 7.59. The maximum absolute atomic E-state index is 13.7. The Labute approximate surface area is 209 Å². The fraction of sp³-hybridized carbons (Fsp3) is 0.333. The van der Waals surface area contributed by atoms with Crippen LogP contribution in [0.25, 0.3) is 11.1 Å². The Morgan fingerprint density at radius 2 is 2.06 bits per heavy atom. The number of rotatable bonds is 6. The second-order valence-electron chi connectivity index (χ2n) is 9.14. The van der Waals surface area contributed by atoms with Gasteiger partial charge in [-0.05, 0) is 37.3 Å². The van der Waals surface area contributed by atoms with Gasteiger partial charge in [-0.25, -0.2) is 9.37 Å². The minimum atomic E-state index is -0.510. The number of nitrogens with zero attached hydrogens (tertiary/aromatic N) is 4. The van der Waals surface area contributed by atoms with Crippen molar-refractivity contribution < 1.29 is 23.8 Å². The second kappa shape index (κ2) is 10.8. The highest BCUT2D eigenvalue weighted by atomic mass is 19.1. The van der Waals surface area contributed by atoms with Crippen molar-refractivity contribution in [2.75, 3.05) is 26.7 Å². The van der Waals surface area contributed by atoms with Gasteiger partial charge in [-0.2, -0.15) is 0 Å². The summed E-state index contributed by atoms with van der Waals surface area (Å²) in [7, 11) is 1.63. The van der Waals surface area contributed by atoms with Crippen LogP contribution in [0.4, 0.5) is 4.39 Å². The predicted molar refractivity (Wildman–Crippen MR) is 132 cm³/mol. The third-order valence-electron chi connectivity index (χ3n) is 6.39. The van der Waals surface area contributed by atoms with Gasteiger partial charge < -0.3 is 19.6 Å². The number of aliphatic hydroxyl groups is 1. The molecule has 0 radical (unpaired) electrons. The summed E-state index contributed by atoms with van der Waals surface area (Å²) in [5.41, 5.74) is 2.02. The fourth-order valence-corrected chi connectivity index (χ4v) is 4.21. The first-order chi connectivity index (χ1) is 17.3. The van der Waals surface area contributed by atoms with E-state index in [9.17, 15) is 19.1 Å². The van der Waals surface area contributed by atoms with Gasteiger partial charge in [0.25, 0.3) is 11.8 Å². The number of hydrogen-bond acceptors (Lipinski definition) is 6. The van der Waals surface area contributed by atoms with Gasteiger partial charge in [-0.15, -0.1) is 0 Å². The molecule has 2 aromatic heterocycles. The third kappa shape index (κ3) is 5.36. The minimum absolute atomic E-state index is 0.158. The van der Waals surface area contributed by atoms with Crippen LogP contribution in [-0.4, -0.2) is 75.6 Å². The molecule has 1 N–H and O–H groups in total.